The lowest BCUT2D eigenvalue weighted by atomic mass is 9.97. The molecule has 2 aliphatic heterocycles. The zero-order chi connectivity index (χ0) is 15.6. The number of hydrogen-bond donors (Lipinski definition) is 0. The highest BCUT2D eigenvalue weighted by atomic mass is 16.5. The number of fused-ring (bicyclic) bond motifs is 1. The van der Waals surface area contributed by atoms with Crippen LogP contribution in [0.5, 0.6) is 0 Å². The van der Waals surface area contributed by atoms with Crippen molar-refractivity contribution in [2.45, 2.75) is 31.7 Å². The van der Waals surface area contributed by atoms with Crippen molar-refractivity contribution in [1.82, 2.24) is 15.1 Å². The maximum absolute atomic E-state index is 5.50. The third kappa shape index (κ3) is 3.22. The molecule has 3 atom stereocenters. The highest BCUT2D eigenvalue weighted by molar-refractivity contribution is 5.37. The van der Waals surface area contributed by atoms with Crippen LogP contribution < -0.4 is 4.90 Å². The van der Waals surface area contributed by atoms with Crippen molar-refractivity contribution in [3.05, 3.63) is 18.3 Å². The average molecular weight is 316 g/mol. The smallest absolute Gasteiger partial charge is 0.151 e. The van der Waals surface area contributed by atoms with Gasteiger partial charge in [0.15, 0.2) is 5.82 Å². The highest BCUT2D eigenvalue weighted by Crippen LogP contribution is 2.41. The lowest BCUT2D eigenvalue weighted by Crippen LogP contribution is -2.39. The summed E-state index contributed by atoms with van der Waals surface area (Å²) in [5.74, 6) is 3.53. The van der Waals surface area contributed by atoms with Crippen molar-refractivity contribution in [3.63, 3.8) is 0 Å². The van der Waals surface area contributed by atoms with Crippen LogP contribution in [0.15, 0.2) is 18.3 Å². The Morgan fingerprint density at radius 3 is 2.87 bits per heavy atom. The van der Waals surface area contributed by atoms with Gasteiger partial charge in [0.1, 0.15) is 0 Å². The Labute approximate surface area is 139 Å². The lowest BCUT2D eigenvalue weighted by molar-refractivity contribution is 0.0545. The molecule has 126 valence electrons. The molecular weight excluding hydrogens is 288 g/mol. The standard InChI is InChI=1S/C18H28N4O/c1-21(18-3-2-8-19-20-18)17-5-4-15-12-22(13-16(15)17)11-14-6-9-23-10-7-14/h2-3,8,14-17H,4-7,9-13H2,1H3/t15-,16+,17-/m1/s1. The van der Waals surface area contributed by atoms with Crippen molar-refractivity contribution in [1.29, 1.82) is 0 Å². The van der Waals surface area contributed by atoms with Crippen molar-refractivity contribution in [3.8, 4) is 0 Å². The van der Waals surface area contributed by atoms with Crippen molar-refractivity contribution in [2.75, 3.05) is 44.8 Å². The number of hydrogen-bond acceptors (Lipinski definition) is 5. The number of rotatable bonds is 4. The fourth-order valence-corrected chi connectivity index (χ4v) is 4.90. The van der Waals surface area contributed by atoms with Gasteiger partial charge in [0.2, 0.25) is 0 Å². The SMILES string of the molecule is CN(c1cccnn1)[C@@H]1CC[C@@H]2CN(CC3CCOCC3)C[C@@H]21. The van der Waals surface area contributed by atoms with E-state index in [1.807, 2.05) is 6.07 Å². The van der Waals surface area contributed by atoms with E-state index in [1.165, 1.54) is 45.3 Å². The Hall–Kier alpha value is -1.20. The van der Waals surface area contributed by atoms with Crippen molar-refractivity contribution >= 4 is 5.82 Å². The fraction of sp³-hybridized carbons (Fsp3) is 0.778. The molecular formula is C18H28N4O. The summed E-state index contributed by atoms with van der Waals surface area (Å²) >= 11 is 0. The summed E-state index contributed by atoms with van der Waals surface area (Å²) in [4.78, 5) is 5.09. The molecule has 0 spiro atoms. The maximum Gasteiger partial charge on any atom is 0.151 e. The van der Waals surface area contributed by atoms with Gasteiger partial charge in [-0.3, -0.25) is 0 Å². The van der Waals surface area contributed by atoms with E-state index < -0.39 is 0 Å². The summed E-state index contributed by atoms with van der Waals surface area (Å²) in [5, 5.41) is 8.34. The predicted octanol–water partition coefficient (Wildman–Crippen LogP) is 2.05. The van der Waals surface area contributed by atoms with Crippen molar-refractivity contribution < 1.29 is 4.74 Å². The van der Waals surface area contributed by atoms with Gasteiger partial charge in [-0.1, -0.05) is 0 Å². The number of nitrogens with zero attached hydrogens (tertiary/aromatic N) is 4. The summed E-state index contributed by atoms with van der Waals surface area (Å²) in [5.41, 5.74) is 0. The predicted molar refractivity (Wildman–Crippen MR) is 90.4 cm³/mol. The summed E-state index contributed by atoms with van der Waals surface area (Å²) in [7, 11) is 2.19. The molecule has 1 aliphatic carbocycles. The second-order valence-electron chi connectivity index (χ2n) is 7.54. The second-order valence-corrected chi connectivity index (χ2v) is 7.54. The van der Waals surface area contributed by atoms with E-state index in [4.69, 9.17) is 4.74 Å². The van der Waals surface area contributed by atoms with E-state index in [0.29, 0.717) is 6.04 Å². The minimum atomic E-state index is 0.622. The fourth-order valence-electron chi connectivity index (χ4n) is 4.90. The van der Waals surface area contributed by atoms with Crippen LogP contribution in [0.1, 0.15) is 25.7 Å². The van der Waals surface area contributed by atoms with Gasteiger partial charge in [0, 0.05) is 52.1 Å². The van der Waals surface area contributed by atoms with E-state index in [2.05, 4.69) is 33.1 Å². The molecule has 0 unspecified atom stereocenters. The first-order valence-electron chi connectivity index (χ1n) is 9.12. The number of likely N-dealkylation sites (tertiary alicyclic amines) is 1. The summed E-state index contributed by atoms with van der Waals surface area (Å²) in [6.07, 6.45) is 6.90. The molecule has 0 amide bonds. The van der Waals surface area contributed by atoms with Gasteiger partial charge < -0.3 is 14.5 Å². The number of aromatic nitrogens is 2. The van der Waals surface area contributed by atoms with Gasteiger partial charge in [0.05, 0.1) is 0 Å². The van der Waals surface area contributed by atoms with E-state index in [9.17, 15) is 0 Å². The monoisotopic (exact) mass is 316 g/mol. The van der Waals surface area contributed by atoms with Crippen LogP contribution in [-0.2, 0) is 4.74 Å². The Balaban J connectivity index is 1.37. The van der Waals surface area contributed by atoms with Crippen molar-refractivity contribution in [2.24, 2.45) is 17.8 Å². The molecule has 5 nitrogen and oxygen atoms in total. The molecule has 2 saturated heterocycles. The molecule has 0 bridgehead atoms. The van der Waals surface area contributed by atoms with Crippen LogP contribution in [0.4, 0.5) is 5.82 Å². The van der Waals surface area contributed by atoms with Crippen LogP contribution in [0.2, 0.25) is 0 Å². The molecule has 23 heavy (non-hydrogen) atoms. The van der Waals surface area contributed by atoms with Gasteiger partial charge in [0.25, 0.3) is 0 Å². The Kier molecular flexibility index (Phi) is 4.49. The third-order valence-corrected chi connectivity index (χ3v) is 6.17. The highest BCUT2D eigenvalue weighted by Gasteiger charge is 2.44. The minimum absolute atomic E-state index is 0.622. The minimum Gasteiger partial charge on any atom is -0.381 e. The summed E-state index contributed by atoms with van der Waals surface area (Å²) in [6, 6.07) is 4.68. The van der Waals surface area contributed by atoms with Gasteiger partial charge in [-0.2, -0.15) is 5.10 Å². The van der Waals surface area contributed by atoms with Gasteiger partial charge in [-0.25, -0.2) is 0 Å². The van der Waals surface area contributed by atoms with Crippen LogP contribution in [0.25, 0.3) is 0 Å². The first kappa shape index (κ1) is 15.3. The van der Waals surface area contributed by atoms with Gasteiger partial charge >= 0.3 is 0 Å². The first-order chi connectivity index (χ1) is 11.3. The lowest BCUT2D eigenvalue weighted by Gasteiger charge is -2.31. The largest absolute Gasteiger partial charge is 0.381 e. The Morgan fingerprint density at radius 1 is 1.22 bits per heavy atom. The molecule has 5 heteroatoms. The molecule has 1 aromatic rings. The zero-order valence-corrected chi connectivity index (χ0v) is 14.1. The number of ether oxygens (including phenoxy) is 1. The quantitative estimate of drug-likeness (QED) is 0.850. The van der Waals surface area contributed by atoms with E-state index >= 15 is 0 Å². The normalized spacial score (nSPS) is 32.1. The maximum atomic E-state index is 5.50. The zero-order valence-electron chi connectivity index (χ0n) is 14.1. The molecule has 3 fully saturated rings. The van der Waals surface area contributed by atoms with Gasteiger partial charge in [-0.05, 0) is 55.6 Å². The molecule has 1 aromatic heterocycles. The third-order valence-electron chi connectivity index (χ3n) is 6.17. The molecule has 3 heterocycles. The Morgan fingerprint density at radius 2 is 2.09 bits per heavy atom. The average Bonchev–Trinajstić information content (AvgIpc) is 3.16. The molecule has 3 aliphatic rings. The molecule has 0 aromatic carbocycles. The van der Waals surface area contributed by atoms with Crippen LogP contribution >= 0.6 is 0 Å². The number of anilines is 1. The van der Waals surface area contributed by atoms with E-state index in [1.54, 1.807) is 6.20 Å². The topological polar surface area (TPSA) is 41.5 Å². The summed E-state index contributed by atoms with van der Waals surface area (Å²) < 4.78 is 5.50. The van der Waals surface area contributed by atoms with Crippen LogP contribution in [-0.4, -0.2) is 61.0 Å². The first-order valence-corrected chi connectivity index (χ1v) is 9.12. The molecule has 1 saturated carbocycles. The van der Waals surface area contributed by atoms with E-state index in [0.717, 1.165) is 36.8 Å². The van der Waals surface area contributed by atoms with Crippen LogP contribution in [0.3, 0.4) is 0 Å². The summed E-state index contributed by atoms with van der Waals surface area (Å²) in [6.45, 7) is 5.76. The molecule has 0 N–H and O–H groups in total. The molecule has 4 rings (SSSR count). The Bertz CT molecular complexity index is 505. The van der Waals surface area contributed by atoms with Gasteiger partial charge in [-0.15, -0.1) is 5.10 Å². The van der Waals surface area contributed by atoms with E-state index in [-0.39, 0.29) is 0 Å². The molecule has 0 radical (unpaired) electrons. The van der Waals surface area contributed by atoms with Crippen LogP contribution in [0, 0.1) is 17.8 Å². The second kappa shape index (κ2) is 6.73.